The van der Waals surface area contributed by atoms with Gasteiger partial charge in [0.2, 0.25) is 0 Å². The summed E-state index contributed by atoms with van der Waals surface area (Å²) < 4.78 is 1.61. The van der Waals surface area contributed by atoms with Crippen LogP contribution in [0, 0.1) is 30.9 Å². The van der Waals surface area contributed by atoms with Gasteiger partial charge in [0.05, 0.1) is 11.5 Å². The third-order valence-electron chi connectivity index (χ3n) is 4.77. The normalized spacial score (nSPS) is 10.7. The summed E-state index contributed by atoms with van der Waals surface area (Å²) in [5.74, 6) is -0.142. The summed E-state index contributed by atoms with van der Waals surface area (Å²) in [5, 5.41) is 18.3. The van der Waals surface area contributed by atoms with Gasteiger partial charge in [0.15, 0.2) is 0 Å². The topological polar surface area (TPSA) is 90.1 Å². The molecular formula is C21H22N4O3. The van der Waals surface area contributed by atoms with Gasteiger partial charge in [0.1, 0.15) is 11.4 Å². The lowest BCUT2D eigenvalue weighted by molar-refractivity contribution is -0.386. The fraction of sp³-hybridized carbons (Fsp3) is 0.238. The van der Waals surface area contributed by atoms with Gasteiger partial charge in [-0.15, -0.1) is 0 Å². The van der Waals surface area contributed by atoms with Crippen LogP contribution in [0.25, 0.3) is 0 Å². The van der Waals surface area contributed by atoms with Gasteiger partial charge in [-0.25, -0.2) is 0 Å². The maximum absolute atomic E-state index is 12.4. The van der Waals surface area contributed by atoms with Crippen molar-refractivity contribution in [3.63, 3.8) is 0 Å². The molecule has 0 saturated carbocycles. The van der Waals surface area contributed by atoms with Crippen molar-refractivity contribution in [3.05, 3.63) is 92.3 Å². The van der Waals surface area contributed by atoms with Crippen LogP contribution in [0.15, 0.2) is 48.5 Å². The zero-order valence-corrected chi connectivity index (χ0v) is 16.1. The summed E-state index contributed by atoms with van der Waals surface area (Å²) in [5.41, 5.74) is 4.66. The van der Waals surface area contributed by atoms with Gasteiger partial charge in [-0.05, 0) is 49.6 Å². The van der Waals surface area contributed by atoms with Crippen LogP contribution in [-0.4, -0.2) is 20.6 Å². The Morgan fingerprint density at radius 3 is 2.39 bits per heavy atom. The van der Waals surface area contributed by atoms with Crippen LogP contribution < -0.4 is 5.32 Å². The van der Waals surface area contributed by atoms with E-state index in [9.17, 15) is 14.9 Å². The molecule has 0 aliphatic rings. The number of aromatic nitrogens is 2. The molecule has 0 aliphatic carbocycles. The Bertz CT molecular complexity index is 1020. The van der Waals surface area contributed by atoms with Gasteiger partial charge in [0, 0.05) is 12.1 Å². The molecule has 3 aromatic rings. The Labute approximate surface area is 163 Å². The number of amides is 1. The van der Waals surface area contributed by atoms with Crippen molar-refractivity contribution < 1.29 is 9.72 Å². The van der Waals surface area contributed by atoms with Gasteiger partial charge in [-0.2, -0.15) is 5.10 Å². The predicted octanol–water partition coefficient (Wildman–Crippen LogP) is 3.69. The third-order valence-corrected chi connectivity index (χ3v) is 4.77. The molecule has 0 spiro atoms. The number of nitro groups is 1. The number of nitrogens with one attached hydrogen (secondary N) is 1. The lowest BCUT2D eigenvalue weighted by Gasteiger charge is -2.09. The van der Waals surface area contributed by atoms with Gasteiger partial charge in [-0.3, -0.25) is 19.6 Å². The Morgan fingerprint density at radius 1 is 1.11 bits per heavy atom. The Balaban J connectivity index is 1.67. The van der Waals surface area contributed by atoms with Crippen LogP contribution in [-0.2, 0) is 13.1 Å². The van der Waals surface area contributed by atoms with Crippen LogP contribution in [0.4, 0.5) is 5.69 Å². The van der Waals surface area contributed by atoms with Crippen LogP contribution in [0.2, 0.25) is 0 Å². The van der Waals surface area contributed by atoms with Crippen molar-refractivity contribution in [2.75, 3.05) is 0 Å². The Kier molecular flexibility index (Phi) is 5.54. The molecule has 0 atom stereocenters. The molecular weight excluding hydrogens is 356 g/mol. The van der Waals surface area contributed by atoms with E-state index in [1.807, 2.05) is 43.3 Å². The Hall–Kier alpha value is -3.48. The van der Waals surface area contributed by atoms with E-state index in [1.165, 1.54) is 0 Å². The molecule has 2 aromatic carbocycles. The van der Waals surface area contributed by atoms with Crippen molar-refractivity contribution >= 4 is 11.6 Å². The van der Waals surface area contributed by atoms with E-state index < -0.39 is 4.92 Å². The van der Waals surface area contributed by atoms with Crippen molar-refractivity contribution in [2.24, 2.45) is 0 Å². The average Bonchev–Trinajstić information content (AvgIpc) is 2.94. The van der Waals surface area contributed by atoms with Gasteiger partial charge in [-0.1, -0.05) is 36.4 Å². The molecule has 7 heteroatoms. The SMILES string of the molecule is Cc1ccccc1CNC(=O)c1ccc(Cn2nc(C)c([N+](=O)[O-])c2C)cc1. The molecule has 1 aromatic heterocycles. The van der Waals surface area contributed by atoms with Crippen LogP contribution in [0.1, 0.15) is 38.4 Å². The molecule has 1 heterocycles. The molecule has 0 saturated heterocycles. The highest BCUT2D eigenvalue weighted by Gasteiger charge is 2.21. The van der Waals surface area contributed by atoms with E-state index in [0.29, 0.717) is 30.0 Å². The van der Waals surface area contributed by atoms with E-state index in [0.717, 1.165) is 16.7 Å². The van der Waals surface area contributed by atoms with Crippen LogP contribution in [0.3, 0.4) is 0 Å². The first-order valence-corrected chi connectivity index (χ1v) is 8.97. The quantitative estimate of drug-likeness (QED) is 0.523. The summed E-state index contributed by atoms with van der Waals surface area (Å²) in [6, 6.07) is 15.1. The molecule has 1 N–H and O–H groups in total. The third kappa shape index (κ3) is 4.09. The second-order valence-electron chi connectivity index (χ2n) is 6.74. The molecule has 0 bridgehead atoms. The predicted molar refractivity (Wildman–Crippen MR) is 106 cm³/mol. The van der Waals surface area contributed by atoms with E-state index in [2.05, 4.69) is 10.4 Å². The lowest BCUT2D eigenvalue weighted by atomic mass is 10.1. The molecule has 28 heavy (non-hydrogen) atoms. The minimum atomic E-state index is -0.407. The number of hydrogen-bond donors (Lipinski definition) is 1. The van der Waals surface area contributed by atoms with Crippen LogP contribution >= 0.6 is 0 Å². The molecule has 0 aliphatic heterocycles. The Morgan fingerprint density at radius 2 is 1.79 bits per heavy atom. The highest BCUT2D eigenvalue weighted by Crippen LogP contribution is 2.22. The summed E-state index contributed by atoms with van der Waals surface area (Å²) >= 11 is 0. The number of carbonyl (C=O) groups is 1. The number of carbonyl (C=O) groups excluding carboxylic acids is 1. The number of aryl methyl sites for hydroxylation is 2. The molecule has 1 amide bonds. The highest BCUT2D eigenvalue weighted by atomic mass is 16.6. The summed E-state index contributed by atoms with van der Waals surface area (Å²) in [6.07, 6.45) is 0. The second kappa shape index (κ2) is 8.04. The minimum absolute atomic E-state index is 0.0483. The van der Waals surface area contributed by atoms with Crippen molar-refractivity contribution in [3.8, 4) is 0 Å². The van der Waals surface area contributed by atoms with E-state index in [4.69, 9.17) is 0 Å². The first-order chi connectivity index (χ1) is 13.4. The van der Waals surface area contributed by atoms with Gasteiger partial charge in [0.25, 0.3) is 5.91 Å². The molecule has 7 nitrogen and oxygen atoms in total. The van der Waals surface area contributed by atoms with Crippen molar-refractivity contribution in [2.45, 2.75) is 33.9 Å². The van der Waals surface area contributed by atoms with E-state index in [1.54, 1.807) is 30.7 Å². The number of hydrogen-bond acceptors (Lipinski definition) is 4. The van der Waals surface area contributed by atoms with Crippen LogP contribution in [0.5, 0.6) is 0 Å². The molecule has 0 fully saturated rings. The maximum atomic E-state index is 12.4. The smallest absolute Gasteiger partial charge is 0.312 e. The highest BCUT2D eigenvalue weighted by molar-refractivity contribution is 5.94. The fourth-order valence-corrected chi connectivity index (χ4v) is 3.13. The zero-order chi connectivity index (χ0) is 20.3. The molecule has 144 valence electrons. The fourth-order valence-electron chi connectivity index (χ4n) is 3.13. The maximum Gasteiger partial charge on any atom is 0.312 e. The summed E-state index contributed by atoms with van der Waals surface area (Å²) in [6.45, 7) is 6.21. The van der Waals surface area contributed by atoms with E-state index in [-0.39, 0.29) is 11.6 Å². The first kappa shape index (κ1) is 19.3. The van der Waals surface area contributed by atoms with Gasteiger partial charge < -0.3 is 5.32 Å². The van der Waals surface area contributed by atoms with Gasteiger partial charge >= 0.3 is 5.69 Å². The van der Waals surface area contributed by atoms with Crippen molar-refractivity contribution in [1.82, 2.24) is 15.1 Å². The molecule has 0 radical (unpaired) electrons. The molecule has 0 unspecified atom stereocenters. The largest absolute Gasteiger partial charge is 0.348 e. The number of nitrogens with zero attached hydrogens (tertiary/aromatic N) is 3. The van der Waals surface area contributed by atoms with E-state index >= 15 is 0 Å². The monoisotopic (exact) mass is 378 g/mol. The number of rotatable bonds is 6. The number of benzene rings is 2. The second-order valence-corrected chi connectivity index (χ2v) is 6.74. The van der Waals surface area contributed by atoms with Crippen molar-refractivity contribution in [1.29, 1.82) is 0 Å². The standard InChI is InChI=1S/C21H22N4O3/c1-14-6-4-5-7-19(14)12-22-21(26)18-10-8-17(9-11-18)13-24-16(3)20(25(27)28)15(2)23-24/h4-11H,12-13H2,1-3H3,(H,22,26). The average molecular weight is 378 g/mol. The minimum Gasteiger partial charge on any atom is -0.348 e. The summed E-state index contributed by atoms with van der Waals surface area (Å²) in [7, 11) is 0. The molecule has 3 rings (SSSR count). The zero-order valence-electron chi connectivity index (χ0n) is 16.1. The first-order valence-electron chi connectivity index (χ1n) is 8.97. The summed E-state index contributed by atoms with van der Waals surface area (Å²) in [4.78, 5) is 23.1. The lowest BCUT2D eigenvalue weighted by Crippen LogP contribution is -2.23.